The van der Waals surface area contributed by atoms with Crippen LogP contribution in [0.1, 0.15) is 29.9 Å². The summed E-state index contributed by atoms with van der Waals surface area (Å²) < 4.78 is 5.37. The number of aromatic nitrogens is 1. The Balaban J connectivity index is 1.28. The maximum absolute atomic E-state index is 12.5. The Morgan fingerprint density at radius 1 is 1.16 bits per heavy atom. The minimum atomic E-state index is -0.264. The number of carbonyl (C=O) groups is 2. The molecule has 1 aliphatic heterocycles. The molecule has 2 amide bonds. The Bertz CT molecular complexity index is 1080. The first-order chi connectivity index (χ1) is 15.1. The topological polar surface area (TPSA) is 74.4 Å². The summed E-state index contributed by atoms with van der Waals surface area (Å²) in [5, 5.41) is 3.87. The summed E-state index contributed by atoms with van der Waals surface area (Å²) in [6.45, 7) is 1.40. The van der Waals surface area contributed by atoms with Gasteiger partial charge in [-0.2, -0.15) is 0 Å². The molecule has 6 heteroatoms. The predicted molar refractivity (Wildman–Crippen MR) is 122 cm³/mol. The van der Waals surface area contributed by atoms with Gasteiger partial charge in [-0.05, 0) is 54.2 Å². The molecule has 160 valence electrons. The van der Waals surface area contributed by atoms with E-state index in [9.17, 15) is 9.59 Å². The number of hydrogen-bond donors (Lipinski definition) is 2. The molecule has 31 heavy (non-hydrogen) atoms. The molecule has 0 radical (unpaired) electrons. The van der Waals surface area contributed by atoms with Gasteiger partial charge in [-0.3, -0.25) is 9.59 Å². The molecule has 0 spiro atoms. The average molecular weight is 418 g/mol. The summed E-state index contributed by atoms with van der Waals surface area (Å²) in [5.74, 6) is 0.937. The Morgan fingerprint density at radius 2 is 1.94 bits per heavy atom. The highest BCUT2D eigenvalue weighted by atomic mass is 16.5. The van der Waals surface area contributed by atoms with Gasteiger partial charge in [0.2, 0.25) is 11.8 Å². The lowest BCUT2D eigenvalue weighted by Crippen LogP contribution is -2.43. The van der Waals surface area contributed by atoms with Crippen molar-refractivity contribution in [2.45, 2.75) is 18.8 Å². The number of fused-ring (bicyclic) bond motifs is 1. The van der Waals surface area contributed by atoms with Crippen LogP contribution in [-0.4, -0.2) is 48.4 Å². The third kappa shape index (κ3) is 4.97. The van der Waals surface area contributed by atoms with Crippen molar-refractivity contribution in [3.05, 3.63) is 71.9 Å². The molecule has 3 aromatic rings. The second-order valence-electron chi connectivity index (χ2n) is 7.77. The molecule has 2 aromatic carbocycles. The van der Waals surface area contributed by atoms with Gasteiger partial charge in [-0.15, -0.1) is 0 Å². The summed E-state index contributed by atoms with van der Waals surface area (Å²) in [5.41, 5.74) is 3.32. The molecule has 0 atom stereocenters. The van der Waals surface area contributed by atoms with Gasteiger partial charge in [0.1, 0.15) is 5.75 Å². The molecule has 1 aromatic heterocycles. The number of hydrogen-bond acceptors (Lipinski definition) is 3. The highest BCUT2D eigenvalue weighted by Gasteiger charge is 2.25. The quantitative estimate of drug-likeness (QED) is 0.601. The van der Waals surface area contributed by atoms with Crippen molar-refractivity contribution in [1.29, 1.82) is 0 Å². The molecule has 6 nitrogen and oxygen atoms in total. The maximum atomic E-state index is 12.5. The number of methoxy groups -OCH3 is 1. The lowest BCUT2D eigenvalue weighted by Gasteiger charge is -2.32. The summed E-state index contributed by atoms with van der Waals surface area (Å²) in [7, 11) is 1.67. The molecule has 1 saturated heterocycles. The van der Waals surface area contributed by atoms with Crippen LogP contribution in [-0.2, 0) is 9.59 Å². The van der Waals surface area contributed by atoms with Crippen molar-refractivity contribution in [1.82, 2.24) is 15.2 Å². The van der Waals surface area contributed by atoms with Gasteiger partial charge in [0.15, 0.2) is 0 Å². The molecule has 4 rings (SSSR count). The zero-order valence-electron chi connectivity index (χ0n) is 17.6. The Labute approximate surface area is 181 Å². The van der Waals surface area contributed by atoms with E-state index in [-0.39, 0.29) is 18.4 Å². The van der Waals surface area contributed by atoms with Crippen molar-refractivity contribution < 1.29 is 14.3 Å². The normalized spacial score (nSPS) is 14.8. The third-order valence-electron chi connectivity index (χ3n) is 5.85. The van der Waals surface area contributed by atoms with Crippen molar-refractivity contribution in [2.24, 2.45) is 0 Å². The fraction of sp³-hybridized carbons (Fsp3) is 0.280. The Morgan fingerprint density at radius 3 is 2.68 bits per heavy atom. The monoisotopic (exact) mass is 417 g/mol. The fourth-order valence-corrected chi connectivity index (χ4v) is 4.10. The van der Waals surface area contributed by atoms with Crippen molar-refractivity contribution >= 4 is 28.8 Å². The lowest BCUT2D eigenvalue weighted by molar-refractivity contribution is -0.133. The highest BCUT2D eigenvalue weighted by Crippen LogP contribution is 2.34. The van der Waals surface area contributed by atoms with Crippen molar-refractivity contribution in [3.63, 3.8) is 0 Å². The number of benzene rings is 2. The summed E-state index contributed by atoms with van der Waals surface area (Å²) >= 11 is 0. The minimum absolute atomic E-state index is 0.0207. The van der Waals surface area contributed by atoms with E-state index in [1.807, 2.05) is 47.4 Å². The SMILES string of the molecule is COc1ccc2[nH]cc(C3CCN(C(=O)CNC(=O)/C=C/c4ccccc4)CC3)c2c1. The molecule has 0 saturated carbocycles. The van der Waals surface area contributed by atoms with E-state index in [0.29, 0.717) is 19.0 Å². The van der Waals surface area contributed by atoms with E-state index >= 15 is 0 Å². The van der Waals surface area contributed by atoms with Gasteiger partial charge in [0, 0.05) is 36.3 Å². The number of piperidine rings is 1. The van der Waals surface area contributed by atoms with E-state index in [1.165, 1.54) is 17.0 Å². The average Bonchev–Trinajstić information content (AvgIpc) is 3.25. The van der Waals surface area contributed by atoms with Crippen LogP contribution < -0.4 is 10.1 Å². The zero-order valence-corrected chi connectivity index (χ0v) is 17.6. The maximum Gasteiger partial charge on any atom is 0.244 e. The summed E-state index contributed by atoms with van der Waals surface area (Å²) in [6.07, 6.45) is 7.07. The molecule has 1 aliphatic rings. The number of aromatic amines is 1. The number of rotatable bonds is 6. The number of amides is 2. The Hall–Kier alpha value is -3.54. The predicted octanol–water partition coefficient (Wildman–Crippen LogP) is 3.71. The first-order valence-electron chi connectivity index (χ1n) is 10.6. The molecular weight excluding hydrogens is 390 g/mol. The van der Waals surface area contributed by atoms with Crippen molar-refractivity contribution in [2.75, 3.05) is 26.7 Å². The standard InChI is InChI=1S/C25H27N3O3/c1-31-20-8-9-23-21(15-20)22(16-26-23)19-11-13-28(14-12-19)25(30)17-27-24(29)10-7-18-5-3-2-4-6-18/h2-10,15-16,19,26H,11-14,17H2,1H3,(H,27,29)/b10-7+. The van der Waals surface area contributed by atoms with E-state index in [0.717, 1.165) is 29.7 Å². The first-order valence-corrected chi connectivity index (χ1v) is 10.6. The number of ether oxygens (including phenoxy) is 1. The van der Waals surface area contributed by atoms with Crippen LogP contribution in [0.2, 0.25) is 0 Å². The van der Waals surface area contributed by atoms with E-state index in [1.54, 1.807) is 13.2 Å². The van der Waals surface area contributed by atoms with Crippen LogP contribution in [0.3, 0.4) is 0 Å². The first kappa shape index (κ1) is 20.7. The number of nitrogens with zero attached hydrogens (tertiary/aromatic N) is 1. The van der Waals surface area contributed by atoms with Crippen LogP contribution >= 0.6 is 0 Å². The molecule has 0 aliphatic carbocycles. The van der Waals surface area contributed by atoms with E-state index in [2.05, 4.69) is 22.6 Å². The minimum Gasteiger partial charge on any atom is -0.497 e. The van der Waals surface area contributed by atoms with Crippen LogP contribution in [0.4, 0.5) is 0 Å². The Kier molecular flexibility index (Phi) is 6.36. The van der Waals surface area contributed by atoms with Gasteiger partial charge < -0.3 is 19.9 Å². The van der Waals surface area contributed by atoms with E-state index in [4.69, 9.17) is 4.74 Å². The van der Waals surface area contributed by atoms with Crippen molar-refractivity contribution in [3.8, 4) is 5.75 Å². The molecule has 1 fully saturated rings. The lowest BCUT2D eigenvalue weighted by atomic mass is 9.89. The van der Waals surface area contributed by atoms with Gasteiger partial charge in [0.25, 0.3) is 0 Å². The molecule has 0 bridgehead atoms. The zero-order chi connectivity index (χ0) is 21.6. The summed E-state index contributed by atoms with van der Waals surface area (Å²) in [6, 6.07) is 15.6. The van der Waals surface area contributed by atoms with Crippen LogP contribution in [0.25, 0.3) is 17.0 Å². The fourth-order valence-electron chi connectivity index (χ4n) is 4.10. The van der Waals surface area contributed by atoms with Crippen LogP contribution in [0.5, 0.6) is 5.75 Å². The number of carbonyl (C=O) groups excluding carboxylic acids is 2. The smallest absolute Gasteiger partial charge is 0.244 e. The second-order valence-corrected chi connectivity index (χ2v) is 7.77. The molecular formula is C25H27N3O3. The number of likely N-dealkylation sites (tertiary alicyclic amines) is 1. The van der Waals surface area contributed by atoms with Crippen LogP contribution in [0, 0.1) is 0 Å². The number of H-pyrrole nitrogens is 1. The van der Waals surface area contributed by atoms with E-state index < -0.39 is 0 Å². The molecule has 0 unspecified atom stereocenters. The second kappa shape index (κ2) is 9.51. The largest absolute Gasteiger partial charge is 0.497 e. The summed E-state index contributed by atoms with van der Waals surface area (Å²) in [4.78, 5) is 29.7. The number of nitrogens with one attached hydrogen (secondary N) is 2. The third-order valence-corrected chi connectivity index (χ3v) is 5.85. The van der Waals surface area contributed by atoms with Gasteiger partial charge in [-0.1, -0.05) is 30.3 Å². The van der Waals surface area contributed by atoms with Crippen LogP contribution in [0.15, 0.2) is 60.8 Å². The highest BCUT2D eigenvalue weighted by molar-refractivity contribution is 5.94. The van der Waals surface area contributed by atoms with Gasteiger partial charge in [-0.25, -0.2) is 0 Å². The van der Waals surface area contributed by atoms with Gasteiger partial charge >= 0.3 is 0 Å². The molecule has 2 heterocycles. The molecule has 2 N–H and O–H groups in total. The van der Waals surface area contributed by atoms with Gasteiger partial charge in [0.05, 0.1) is 13.7 Å².